The summed E-state index contributed by atoms with van der Waals surface area (Å²) in [6, 6.07) is 1.60. The molecule has 7 heteroatoms. The predicted octanol–water partition coefficient (Wildman–Crippen LogP) is -0.327. The molecule has 19 heavy (non-hydrogen) atoms. The fourth-order valence-corrected chi connectivity index (χ4v) is 2.12. The Kier molecular flexibility index (Phi) is 4.39. The van der Waals surface area contributed by atoms with E-state index in [0.29, 0.717) is 37.2 Å². The number of aromatic nitrogens is 2. The van der Waals surface area contributed by atoms with E-state index in [1.165, 1.54) is 14.2 Å². The zero-order valence-corrected chi connectivity index (χ0v) is 11.1. The average molecular weight is 269 g/mol. The minimum absolute atomic E-state index is 0.00268. The van der Waals surface area contributed by atoms with Crippen molar-refractivity contribution < 1.29 is 19.7 Å². The number of β-amino-alcohol motifs (C(OH)–C–C–N with tert-alkyl or cyclic N) is 1. The van der Waals surface area contributed by atoms with Crippen molar-refractivity contribution in [2.75, 3.05) is 38.8 Å². The number of methoxy groups -OCH3 is 2. The van der Waals surface area contributed by atoms with Gasteiger partial charge in [-0.2, -0.15) is 9.97 Å². The predicted molar refractivity (Wildman–Crippen MR) is 68.5 cm³/mol. The molecule has 0 spiro atoms. The highest BCUT2D eigenvalue weighted by Crippen LogP contribution is 2.24. The number of hydrogen-bond donors (Lipinski definition) is 2. The van der Waals surface area contributed by atoms with Crippen molar-refractivity contribution in [2.24, 2.45) is 5.92 Å². The third kappa shape index (κ3) is 3.05. The van der Waals surface area contributed by atoms with E-state index in [-0.39, 0.29) is 12.5 Å². The van der Waals surface area contributed by atoms with Gasteiger partial charge in [0.2, 0.25) is 17.7 Å². The van der Waals surface area contributed by atoms with Gasteiger partial charge in [0.25, 0.3) is 0 Å². The number of rotatable bonds is 4. The summed E-state index contributed by atoms with van der Waals surface area (Å²) in [7, 11) is 3.05. The number of piperidine rings is 1. The summed E-state index contributed by atoms with van der Waals surface area (Å²) in [6.07, 6.45) is 0.111. The molecule has 1 fully saturated rings. The van der Waals surface area contributed by atoms with Crippen LogP contribution in [0.25, 0.3) is 0 Å². The molecule has 0 unspecified atom stereocenters. The van der Waals surface area contributed by atoms with Crippen molar-refractivity contribution in [3.05, 3.63) is 6.07 Å². The summed E-state index contributed by atoms with van der Waals surface area (Å²) < 4.78 is 10.2. The zero-order valence-electron chi connectivity index (χ0n) is 11.1. The molecule has 7 nitrogen and oxygen atoms in total. The van der Waals surface area contributed by atoms with Crippen LogP contribution in [-0.2, 0) is 0 Å². The molecule has 0 aliphatic carbocycles. The second-order valence-electron chi connectivity index (χ2n) is 4.50. The molecule has 2 atom stereocenters. The van der Waals surface area contributed by atoms with Crippen LogP contribution in [-0.4, -0.2) is 60.2 Å². The minimum atomic E-state index is -0.584. The quantitative estimate of drug-likeness (QED) is 0.774. The molecule has 0 amide bonds. The molecular formula is C12H19N3O4. The highest BCUT2D eigenvalue weighted by Gasteiger charge is 2.28. The van der Waals surface area contributed by atoms with Crippen molar-refractivity contribution in [1.29, 1.82) is 0 Å². The molecule has 1 aromatic rings. The Bertz CT molecular complexity index is 407. The van der Waals surface area contributed by atoms with E-state index in [0.717, 1.165) is 0 Å². The van der Waals surface area contributed by atoms with Crippen molar-refractivity contribution >= 4 is 5.95 Å². The molecule has 106 valence electrons. The van der Waals surface area contributed by atoms with Gasteiger partial charge in [-0.05, 0) is 6.42 Å². The van der Waals surface area contributed by atoms with E-state index in [4.69, 9.17) is 14.6 Å². The molecule has 1 saturated heterocycles. The fraction of sp³-hybridized carbons (Fsp3) is 0.667. The van der Waals surface area contributed by atoms with E-state index in [1.54, 1.807) is 6.07 Å². The van der Waals surface area contributed by atoms with Crippen LogP contribution < -0.4 is 14.4 Å². The van der Waals surface area contributed by atoms with Gasteiger partial charge in [-0.15, -0.1) is 0 Å². The molecule has 1 aliphatic heterocycles. The summed E-state index contributed by atoms with van der Waals surface area (Å²) in [4.78, 5) is 10.4. The zero-order chi connectivity index (χ0) is 13.8. The lowest BCUT2D eigenvalue weighted by atomic mass is 9.95. The first-order valence-electron chi connectivity index (χ1n) is 6.19. The van der Waals surface area contributed by atoms with E-state index in [1.807, 2.05) is 4.90 Å². The highest BCUT2D eigenvalue weighted by molar-refractivity contribution is 5.37. The third-order valence-corrected chi connectivity index (χ3v) is 3.32. The molecule has 1 aliphatic rings. The number of nitrogens with zero attached hydrogens (tertiary/aromatic N) is 3. The Morgan fingerprint density at radius 2 is 1.95 bits per heavy atom. The highest BCUT2D eigenvalue weighted by atomic mass is 16.5. The van der Waals surface area contributed by atoms with Gasteiger partial charge in [0.1, 0.15) is 0 Å². The Morgan fingerprint density at radius 1 is 1.32 bits per heavy atom. The van der Waals surface area contributed by atoms with Gasteiger partial charge in [0.15, 0.2) is 0 Å². The maximum absolute atomic E-state index is 9.93. The number of ether oxygens (including phenoxy) is 2. The molecule has 2 rings (SSSR count). The minimum Gasteiger partial charge on any atom is -0.481 e. The lowest BCUT2D eigenvalue weighted by Gasteiger charge is -2.35. The monoisotopic (exact) mass is 269 g/mol. The van der Waals surface area contributed by atoms with E-state index in [2.05, 4.69) is 9.97 Å². The Balaban J connectivity index is 2.18. The second-order valence-corrected chi connectivity index (χ2v) is 4.50. The Hall–Kier alpha value is -1.60. The van der Waals surface area contributed by atoms with E-state index < -0.39 is 6.10 Å². The summed E-state index contributed by atoms with van der Waals surface area (Å²) in [5.41, 5.74) is 0. The summed E-state index contributed by atoms with van der Waals surface area (Å²) in [6.45, 7) is 1.07. The van der Waals surface area contributed by atoms with E-state index >= 15 is 0 Å². The van der Waals surface area contributed by atoms with Crippen LogP contribution in [0.3, 0.4) is 0 Å². The molecule has 2 heterocycles. The molecule has 1 aromatic heterocycles. The smallest absolute Gasteiger partial charge is 0.232 e. The van der Waals surface area contributed by atoms with Crippen molar-refractivity contribution in [3.8, 4) is 11.8 Å². The van der Waals surface area contributed by atoms with Crippen molar-refractivity contribution in [1.82, 2.24) is 9.97 Å². The summed E-state index contributed by atoms with van der Waals surface area (Å²) >= 11 is 0. The lowest BCUT2D eigenvalue weighted by Crippen LogP contribution is -2.45. The van der Waals surface area contributed by atoms with Crippen LogP contribution in [0.15, 0.2) is 6.07 Å². The SMILES string of the molecule is COc1cc(OC)nc(N2CC[C@H](CO)[C@H](O)C2)n1. The largest absolute Gasteiger partial charge is 0.481 e. The van der Waals surface area contributed by atoms with Crippen molar-refractivity contribution in [3.63, 3.8) is 0 Å². The van der Waals surface area contributed by atoms with Gasteiger partial charge in [-0.25, -0.2) is 0 Å². The number of aliphatic hydroxyl groups is 2. The first-order chi connectivity index (χ1) is 9.17. The maximum Gasteiger partial charge on any atom is 0.232 e. The Labute approximate surface area is 111 Å². The van der Waals surface area contributed by atoms with Gasteiger partial charge in [-0.3, -0.25) is 0 Å². The molecule has 0 saturated carbocycles. The molecular weight excluding hydrogens is 250 g/mol. The molecule has 0 radical (unpaired) electrons. The van der Waals surface area contributed by atoms with Crippen LogP contribution >= 0.6 is 0 Å². The van der Waals surface area contributed by atoms with Crippen LogP contribution in [0.4, 0.5) is 5.95 Å². The molecule has 0 bridgehead atoms. The van der Waals surface area contributed by atoms with Crippen LogP contribution in [0.5, 0.6) is 11.8 Å². The normalized spacial score (nSPS) is 23.3. The van der Waals surface area contributed by atoms with Gasteiger partial charge in [-0.1, -0.05) is 0 Å². The molecule has 0 aromatic carbocycles. The number of aliphatic hydroxyl groups excluding tert-OH is 2. The molecule has 2 N–H and O–H groups in total. The van der Waals surface area contributed by atoms with Crippen LogP contribution in [0, 0.1) is 5.92 Å². The summed E-state index contributed by atoms with van der Waals surface area (Å²) in [5, 5.41) is 19.1. The van der Waals surface area contributed by atoms with Gasteiger partial charge < -0.3 is 24.6 Å². The lowest BCUT2D eigenvalue weighted by molar-refractivity contribution is 0.0543. The van der Waals surface area contributed by atoms with E-state index in [9.17, 15) is 5.11 Å². The van der Waals surface area contributed by atoms with Gasteiger partial charge in [0, 0.05) is 25.6 Å². The topological polar surface area (TPSA) is 87.9 Å². The first kappa shape index (κ1) is 13.8. The third-order valence-electron chi connectivity index (χ3n) is 3.32. The maximum atomic E-state index is 9.93. The number of anilines is 1. The number of hydrogen-bond acceptors (Lipinski definition) is 7. The average Bonchev–Trinajstić information content (AvgIpc) is 2.46. The fourth-order valence-electron chi connectivity index (χ4n) is 2.12. The Morgan fingerprint density at radius 3 is 2.42 bits per heavy atom. The standard InChI is InChI=1S/C12H19N3O4/c1-18-10-5-11(19-2)14-12(13-10)15-4-3-8(7-16)9(17)6-15/h5,8-9,16-17H,3-4,6-7H2,1-2H3/t8-,9-/m1/s1. The van der Waals surface area contributed by atoms with Gasteiger partial charge in [0.05, 0.1) is 26.4 Å². The first-order valence-corrected chi connectivity index (χ1v) is 6.19. The second kappa shape index (κ2) is 6.03. The van der Waals surface area contributed by atoms with Gasteiger partial charge >= 0.3 is 0 Å². The van der Waals surface area contributed by atoms with Crippen LogP contribution in [0.1, 0.15) is 6.42 Å². The van der Waals surface area contributed by atoms with Crippen LogP contribution in [0.2, 0.25) is 0 Å². The van der Waals surface area contributed by atoms with Crippen molar-refractivity contribution in [2.45, 2.75) is 12.5 Å². The summed E-state index contributed by atoms with van der Waals surface area (Å²) in [5.74, 6) is 1.22.